The van der Waals surface area contributed by atoms with Crippen LogP contribution in [0.1, 0.15) is 48.2 Å². The van der Waals surface area contributed by atoms with Crippen LogP contribution >= 0.6 is 0 Å². The minimum atomic E-state index is -0.100. The molecule has 1 saturated carbocycles. The average molecular weight is 356 g/mol. The van der Waals surface area contributed by atoms with Gasteiger partial charge in [0, 0.05) is 36.1 Å². The minimum absolute atomic E-state index is 0.0671. The van der Waals surface area contributed by atoms with Gasteiger partial charge in [-0.05, 0) is 25.8 Å². The molecule has 1 aromatic carbocycles. The fraction of sp³-hybridized carbons (Fsp3) is 0.571. The summed E-state index contributed by atoms with van der Waals surface area (Å²) in [7, 11) is 0. The molecule has 2 aliphatic rings. The number of morpholine rings is 1. The molecule has 1 aromatic heterocycles. The fourth-order valence-corrected chi connectivity index (χ4v) is 4.57. The van der Waals surface area contributed by atoms with Gasteiger partial charge >= 0.3 is 0 Å². The van der Waals surface area contributed by atoms with E-state index in [4.69, 9.17) is 9.15 Å². The second kappa shape index (κ2) is 7.41. The van der Waals surface area contributed by atoms with E-state index in [9.17, 15) is 4.79 Å². The number of aryl methyl sites for hydroxylation is 1. The second-order valence-electron chi connectivity index (χ2n) is 7.62. The van der Waals surface area contributed by atoms with E-state index in [2.05, 4.69) is 10.2 Å². The molecule has 2 aromatic rings. The molecule has 1 amide bonds. The van der Waals surface area contributed by atoms with Crippen molar-refractivity contribution in [2.75, 3.05) is 32.8 Å². The van der Waals surface area contributed by atoms with Crippen molar-refractivity contribution in [3.8, 4) is 0 Å². The number of amides is 1. The second-order valence-corrected chi connectivity index (χ2v) is 7.62. The van der Waals surface area contributed by atoms with Crippen molar-refractivity contribution in [1.29, 1.82) is 0 Å². The van der Waals surface area contributed by atoms with Gasteiger partial charge in [-0.15, -0.1) is 0 Å². The van der Waals surface area contributed by atoms with E-state index in [0.29, 0.717) is 12.3 Å². The lowest BCUT2D eigenvalue weighted by Gasteiger charge is -2.48. The third-order valence-electron chi connectivity index (χ3n) is 6.09. The topological polar surface area (TPSA) is 54.7 Å². The third-order valence-corrected chi connectivity index (χ3v) is 6.09. The molecule has 5 nitrogen and oxygen atoms in total. The Morgan fingerprint density at radius 1 is 1.15 bits per heavy atom. The van der Waals surface area contributed by atoms with Gasteiger partial charge in [0.1, 0.15) is 5.58 Å². The average Bonchev–Trinajstić information content (AvgIpc) is 3.05. The Labute approximate surface area is 154 Å². The highest BCUT2D eigenvalue weighted by Gasteiger charge is 2.39. The first kappa shape index (κ1) is 17.6. The molecular weight excluding hydrogens is 328 g/mol. The largest absolute Gasteiger partial charge is 0.451 e. The van der Waals surface area contributed by atoms with Crippen LogP contribution in [-0.4, -0.2) is 49.2 Å². The van der Waals surface area contributed by atoms with Crippen molar-refractivity contribution in [2.45, 2.75) is 44.6 Å². The summed E-state index contributed by atoms with van der Waals surface area (Å²) in [5.41, 5.74) is 1.76. The maximum Gasteiger partial charge on any atom is 0.287 e. The number of nitrogens with zero attached hydrogens (tertiary/aromatic N) is 1. The summed E-state index contributed by atoms with van der Waals surface area (Å²) in [5.74, 6) is 0.344. The van der Waals surface area contributed by atoms with E-state index >= 15 is 0 Å². The van der Waals surface area contributed by atoms with Crippen molar-refractivity contribution in [3.05, 3.63) is 35.6 Å². The summed E-state index contributed by atoms with van der Waals surface area (Å²) in [4.78, 5) is 15.4. The van der Waals surface area contributed by atoms with Crippen LogP contribution in [-0.2, 0) is 4.74 Å². The van der Waals surface area contributed by atoms with Crippen LogP contribution in [0.2, 0.25) is 0 Å². The van der Waals surface area contributed by atoms with Crippen LogP contribution < -0.4 is 5.32 Å². The number of benzene rings is 1. The van der Waals surface area contributed by atoms with Gasteiger partial charge in [-0.25, -0.2) is 0 Å². The van der Waals surface area contributed by atoms with Gasteiger partial charge in [0.25, 0.3) is 5.91 Å². The van der Waals surface area contributed by atoms with Crippen molar-refractivity contribution in [2.24, 2.45) is 0 Å². The number of carbonyl (C=O) groups excluding carboxylic acids is 1. The molecule has 2 fully saturated rings. The summed E-state index contributed by atoms with van der Waals surface area (Å²) >= 11 is 0. The van der Waals surface area contributed by atoms with E-state index in [1.165, 1.54) is 19.3 Å². The zero-order chi connectivity index (χ0) is 18.0. The van der Waals surface area contributed by atoms with E-state index in [-0.39, 0.29) is 11.4 Å². The zero-order valence-electron chi connectivity index (χ0n) is 15.6. The van der Waals surface area contributed by atoms with Gasteiger partial charge in [-0.3, -0.25) is 9.69 Å². The predicted octanol–water partition coefficient (Wildman–Crippen LogP) is 3.51. The molecule has 0 atom stereocenters. The minimum Gasteiger partial charge on any atom is -0.451 e. The zero-order valence-corrected chi connectivity index (χ0v) is 15.6. The van der Waals surface area contributed by atoms with E-state index < -0.39 is 0 Å². The van der Waals surface area contributed by atoms with Gasteiger partial charge in [0.15, 0.2) is 5.76 Å². The number of rotatable bonds is 4. The summed E-state index contributed by atoms with van der Waals surface area (Å²) in [6.45, 7) is 6.14. The molecule has 5 heteroatoms. The quantitative estimate of drug-likeness (QED) is 0.911. The number of hydrogen-bond acceptors (Lipinski definition) is 4. The Hall–Kier alpha value is -1.85. The highest BCUT2D eigenvalue weighted by Crippen LogP contribution is 2.34. The predicted molar refractivity (Wildman–Crippen MR) is 101 cm³/mol. The van der Waals surface area contributed by atoms with Crippen LogP contribution in [0.15, 0.2) is 28.7 Å². The molecule has 4 rings (SSSR count). The van der Waals surface area contributed by atoms with Gasteiger partial charge in [0.2, 0.25) is 0 Å². The molecular formula is C21H28N2O3. The van der Waals surface area contributed by atoms with Crippen molar-refractivity contribution in [3.63, 3.8) is 0 Å². The fourth-order valence-electron chi connectivity index (χ4n) is 4.57. The molecule has 1 saturated heterocycles. The molecule has 0 bridgehead atoms. The van der Waals surface area contributed by atoms with E-state index in [1.807, 2.05) is 31.2 Å². The number of ether oxygens (including phenoxy) is 1. The van der Waals surface area contributed by atoms with Crippen LogP contribution in [0, 0.1) is 6.92 Å². The van der Waals surface area contributed by atoms with Gasteiger partial charge in [-0.1, -0.05) is 37.5 Å². The van der Waals surface area contributed by atoms with Gasteiger partial charge < -0.3 is 14.5 Å². The number of carbonyl (C=O) groups is 1. The van der Waals surface area contributed by atoms with Gasteiger partial charge in [0.05, 0.1) is 13.2 Å². The number of fused-ring (bicyclic) bond motifs is 1. The van der Waals surface area contributed by atoms with Crippen LogP contribution in [0.3, 0.4) is 0 Å². The van der Waals surface area contributed by atoms with E-state index in [1.54, 1.807) is 0 Å². The Bertz CT molecular complexity index is 771. The highest BCUT2D eigenvalue weighted by molar-refractivity contribution is 5.98. The normalized spacial score (nSPS) is 21.0. The molecule has 0 unspecified atom stereocenters. The number of hydrogen-bond donors (Lipinski definition) is 1. The van der Waals surface area contributed by atoms with Crippen molar-refractivity contribution >= 4 is 16.9 Å². The summed E-state index contributed by atoms with van der Waals surface area (Å²) < 4.78 is 11.4. The van der Waals surface area contributed by atoms with Crippen LogP contribution in [0.25, 0.3) is 11.0 Å². The van der Waals surface area contributed by atoms with Crippen molar-refractivity contribution < 1.29 is 13.9 Å². The third kappa shape index (κ3) is 3.26. The maximum absolute atomic E-state index is 12.9. The Morgan fingerprint density at radius 2 is 1.88 bits per heavy atom. The summed E-state index contributed by atoms with van der Waals surface area (Å²) in [5, 5.41) is 4.21. The molecule has 0 radical (unpaired) electrons. The smallest absolute Gasteiger partial charge is 0.287 e. The number of para-hydroxylation sites is 1. The number of nitrogens with one attached hydrogen (secondary N) is 1. The SMILES string of the molecule is Cc1c(C(=O)NCC2(N3CCOCC3)CCCCC2)oc2ccccc12. The first-order valence-electron chi connectivity index (χ1n) is 9.79. The standard InChI is InChI=1S/C21H28N2O3/c1-16-17-7-3-4-8-18(17)26-19(16)20(24)22-15-21(9-5-2-6-10-21)23-11-13-25-14-12-23/h3-4,7-8H,2,5-6,9-15H2,1H3,(H,22,24). The lowest BCUT2D eigenvalue weighted by atomic mass is 9.79. The Kier molecular flexibility index (Phi) is 5.00. The Balaban J connectivity index is 1.51. The molecule has 2 heterocycles. The molecule has 0 spiro atoms. The number of furan rings is 1. The molecule has 1 aliphatic carbocycles. The first-order chi connectivity index (χ1) is 12.7. The van der Waals surface area contributed by atoms with E-state index in [0.717, 1.165) is 55.7 Å². The van der Waals surface area contributed by atoms with Crippen LogP contribution in [0.4, 0.5) is 0 Å². The summed E-state index contributed by atoms with van der Waals surface area (Å²) in [6, 6.07) is 7.82. The highest BCUT2D eigenvalue weighted by atomic mass is 16.5. The lowest BCUT2D eigenvalue weighted by Crippen LogP contribution is -2.59. The molecule has 1 aliphatic heterocycles. The van der Waals surface area contributed by atoms with Crippen LogP contribution in [0.5, 0.6) is 0 Å². The molecule has 1 N–H and O–H groups in total. The monoisotopic (exact) mass is 356 g/mol. The Morgan fingerprint density at radius 3 is 2.62 bits per heavy atom. The maximum atomic E-state index is 12.9. The summed E-state index contributed by atoms with van der Waals surface area (Å²) in [6.07, 6.45) is 6.05. The first-order valence-corrected chi connectivity index (χ1v) is 9.79. The van der Waals surface area contributed by atoms with Crippen molar-refractivity contribution in [1.82, 2.24) is 10.2 Å². The lowest BCUT2D eigenvalue weighted by molar-refractivity contribution is -0.0362. The van der Waals surface area contributed by atoms with Gasteiger partial charge in [-0.2, -0.15) is 0 Å². The molecule has 26 heavy (non-hydrogen) atoms. The molecule has 140 valence electrons.